The lowest BCUT2D eigenvalue weighted by atomic mass is 10.2. The van der Waals surface area contributed by atoms with E-state index < -0.39 is 0 Å². The highest BCUT2D eigenvalue weighted by Gasteiger charge is 2.00. The summed E-state index contributed by atoms with van der Waals surface area (Å²) in [6, 6.07) is 0. The molecule has 0 bridgehead atoms. The maximum Gasteiger partial charge on any atom is 0.302 e. The van der Waals surface area contributed by atoms with Crippen molar-refractivity contribution in [1.82, 2.24) is 0 Å². The minimum Gasteiger partial charge on any atom is -0.466 e. The van der Waals surface area contributed by atoms with Crippen LogP contribution in [0.2, 0.25) is 0 Å². The predicted octanol–water partition coefficient (Wildman–Crippen LogP) is 0.600. The second-order valence-corrected chi connectivity index (χ2v) is 2.09. The third-order valence-electron chi connectivity index (χ3n) is 0.883. The normalized spacial score (nSPS) is 11.5. The highest BCUT2D eigenvalue weighted by molar-refractivity contribution is 5.85. The first kappa shape index (κ1) is 12.4. The number of carbonyl (C=O) groups excluding carboxylic acids is 1. The van der Waals surface area contributed by atoms with Gasteiger partial charge in [0.2, 0.25) is 0 Å². The molecule has 0 aromatic carbocycles. The van der Waals surface area contributed by atoms with Crippen LogP contribution in [0, 0.1) is 5.92 Å². The van der Waals surface area contributed by atoms with Crippen molar-refractivity contribution in [3.05, 3.63) is 0 Å². The number of hydrogen-bond acceptors (Lipinski definition) is 3. The first-order valence-corrected chi connectivity index (χ1v) is 2.91. The number of aliphatic hydroxyl groups excluding tert-OH is 1. The van der Waals surface area contributed by atoms with E-state index in [-0.39, 0.29) is 30.9 Å². The Bertz CT molecular complexity index is 95.0. The summed E-state index contributed by atoms with van der Waals surface area (Å²) in [7, 11) is 0. The van der Waals surface area contributed by atoms with Gasteiger partial charge in [-0.3, -0.25) is 4.79 Å². The van der Waals surface area contributed by atoms with Crippen molar-refractivity contribution < 1.29 is 14.6 Å². The van der Waals surface area contributed by atoms with Crippen molar-refractivity contribution in [2.45, 2.75) is 13.8 Å². The van der Waals surface area contributed by atoms with E-state index in [9.17, 15) is 4.79 Å². The highest BCUT2D eigenvalue weighted by Crippen LogP contribution is 1.92. The molecular weight excluding hydrogens is 156 g/mol. The van der Waals surface area contributed by atoms with Gasteiger partial charge in [0.25, 0.3) is 0 Å². The van der Waals surface area contributed by atoms with Crippen LogP contribution in [0.5, 0.6) is 0 Å². The molecule has 0 aliphatic rings. The highest BCUT2D eigenvalue weighted by atomic mass is 35.5. The van der Waals surface area contributed by atoms with Gasteiger partial charge >= 0.3 is 5.97 Å². The summed E-state index contributed by atoms with van der Waals surface area (Å²) in [5.41, 5.74) is 0. The van der Waals surface area contributed by atoms with Crippen molar-refractivity contribution in [1.29, 1.82) is 0 Å². The Kier molecular flexibility index (Phi) is 8.48. The number of halogens is 1. The molecule has 3 nitrogen and oxygen atoms in total. The molecule has 0 heterocycles. The maximum absolute atomic E-state index is 10.2. The summed E-state index contributed by atoms with van der Waals surface area (Å²) in [5.74, 6) is -0.246. The molecule has 1 N–H and O–H groups in total. The van der Waals surface area contributed by atoms with Crippen molar-refractivity contribution in [2.24, 2.45) is 5.92 Å². The topological polar surface area (TPSA) is 46.5 Å². The minimum atomic E-state index is -0.296. The van der Waals surface area contributed by atoms with E-state index in [4.69, 9.17) is 5.11 Å². The van der Waals surface area contributed by atoms with Crippen LogP contribution in [0.25, 0.3) is 0 Å². The van der Waals surface area contributed by atoms with Crippen molar-refractivity contribution >= 4 is 18.4 Å². The zero-order valence-corrected chi connectivity index (χ0v) is 6.98. The lowest BCUT2D eigenvalue weighted by Gasteiger charge is -2.05. The molecule has 0 spiro atoms. The fourth-order valence-corrected chi connectivity index (χ4v) is 0.312. The fourth-order valence-electron chi connectivity index (χ4n) is 0.312. The molecule has 0 fully saturated rings. The maximum atomic E-state index is 10.2. The SMILES string of the molecule is CC(=O)OCC(C)CO.Cl. The summed E-state index contributed by atoms with van der Waals surface area (Å²) in [5, 5.41) is 8.46. The molecule has 10 heavy (non-hydrogen) atoms. The Morgan fingerprint density at radius 2 is 2.20 bits per heavy atom. The van der Waals surface area contributed by atoms with E-state index in [1.54, 1.807) is 0 Å². The third-order valence-corrected chi connectivity index (χ3v) is 0.883. The summed E-state index contributed by atoms with van der Waals surface area (Å²) in [6.45, 7) is 3.53. The van der Waals surface area contributed by atoms with Gasteiger partial charge in [0.1, 0.15) is 0 Å². The zero-order chi connectivity index (χ0) is 7.28. The summed E-state index contributed by atoms with van der Waals surface area (Å²) < 4.78 is 4.60. The number of rotatable bonds is 3. The molecule has 0 amide bonds. The van der Waals surface area contributed by atoms with Gasteiger partial charge < -0.3 is 9.84 Å². The Morgan fingerprint density at radius 3 is 2.50 bits per heavy atom. The quantitative estimate of drug-likeness (QED) is 0.628. The Hall–Kier alpha value is -0.280. The number of ether oxygens (including phenoxy) is 1. The van der Waals surface area contributed by atoms with Crippen LogP contribution in [0.1, 0.15) is 13.8 Å². The number of aliphatic hydroxyl groups is 1. The molecule has 62 valence electrons. The first-order chi connectivity index (χ1) is 4.16. The lowest BCUT2D eigenvalue weighted by Crippen LogP contribution is -2.12. The molecule has 0 aromatic heterocycles. The Morgan fingerprint density at radius 1 is 1.70 bits per heavy atom. The van der Waals surface area contributed by atoms with Crippen molar-refractivity contribution in [3.8, 4) is 0 Å². The van der Waals surface area contributed by atoms with Gasteiger partial charge in [0.15, 0.2) is 0 Å². The van der Waals surface area contributed by atoms with Crippen molar-refractivity contribution in [2.75, 3.05) is 13.2 Å². The second kappa shape index (κ2) is 6.83. The molecule has 0 aliphatic carbocycles. The molecular formula is C6H13ClO3. The van der Waals surface area contributed by atoms with Crippen LogP contribution in [-0.4, -0.2) is 24.3 Å². The molecule has 1 atom stereocenters. The number of esters is 1. The summed E-state index contributed by atoms with van der Waals surface area (Å²) in [4.78, 5) is 10.2. The van der Waals surface area contributed by atoms with Gasteiger partial charge in [-0.05, 0) is 0 Å². The molecule has 4 heteroatoms. The Balaban J connectivity index is 0. The van der Waals surface area contributed by atoms with Crippen molar-refractivity contribution in [3.63, 3.8) is 0 Å². The average Bonchev–Trinajstić information content (AvgIpc) is 1.83. The molecule has 0 aromatic rings. The standard InChI is InChI=1S/C6H12O3.ClH/c1-5(3-7)4-9-6(2)8;/h5,7H,3-4H2,1-2H3;1H. The first-order valence-electron chi connectivity index (χ1n) is 2.91. The van der Waals surface area contributed by atoms with Gasteiger partial charge in [0.05, 0.1) is 6.61 Å². The van der Waals surface area contributed by atoms with E-state index in [0.717, 1.165) is 0 Å². The van der Waals surface area contributed by atoms with Gasteiger partial charge in [-0.25, -0.2) is 0 Å². The molecule has 0 radical (unpaired) electrons. The van der Waals surface area contributed by atoms with Gasteiger partial charge in [-0.1, -0.05) is 6.92 Å². The third kappa shape index (κ3) is 7.72. The van der Waals surface area contributed by atoms with Crippen LogP contribution in [0.4, 0.5) is 0 Å². The lowest BCUT2D eigenvalue weighted by molar-refractivity contribution is -0.142. The van der Waals surface area contributed by atoms with E-state index in [1.165, 1.54) is 6.92 Å². The molecule has 0 aliphatic heterocycles. The number of carbonyl (C=O) groups is 1. The molecule has 0 saturated carbocycles. The molecule has 1 unspecified atom stereocenters. The summed E-state index contributed by atoms with van der Waals surface area (Å²) in [6.07, 6.45) is 0. The van der Waals surface area contributed by atoms with Gasteiger partial charge in [-0.2, -0.15) is 0 Å². The van der Waals surface area contributed by atoms with Crippen LogP contribution >= 0.6 is 12.4 Å². The second-order valence-electron chi connectivity index (χ2n) is 2.09. The van der Waals surface area contributed by atoms with Crippen LogP contribution in [-0.2, 0) is 9.53 Å². The monoisotopic (exact) mass is 168 g/mol. The summed E-state index contributed by atoms with van der Waals surface area (Å²) >= 11 is 0. The van der Waals surface area contributed by atoms with E-state index in [2.05, 4.69) is 4.74 Å². The van der Waals surface area contributed by atoms with Gasteiger partial charge in [-0.15, -0.1) is 12.4 Å². The average molecular weight is 169 g/mol. The smallest absolute Gasteiger partial charge is 0.302 e. The zero-order valence-electron chi connectivity index (χ0n) is 6.16. The van der Waals surface area contributed by atoms with E-state index in [0.29, 0.717) is 6.61 Å². The molecule has 0 saturated heterocycles. The van der Waals surface area contributed by atoms with Crippen LogP contribution < -0.4 is 0 Å². The predicted molar refractivity (Wildman–Crippen MR) is 40.1 cm³/mol. The molecule has 0 rings (SSSR count). The number of hydrogen-bond donors (Lipinski definition) is 1. The van der Waals surface area contributed by atoms with Crippen LogP contribution in [0.3, 0.4) is 0 Å². The Labute approximate surface area is 66.8 Å². The van der Waals surface area contributed by atoms with E-state index in [1.807, 2.05) is 6.92 Å². The fraction of sp³-hybridized carbons (Fsp3) is 0.833. The largest absolute Gasteiger partial charge is 0.466 e. The minimum absolute atomic E-state index is 0. The van der Waals surface area contributed by atoms with Gasteiger partial charge in [0, 0.05) is 19.4 Å². The van der Waals surface area contributed by atoms with E-state index >= 15 is 0 Å². The van der Waals surface area contributed by atoms with Crippen LogP contribution in [0.15, 0.2) is 0 Å².